The van der Waals surface area contributed by atoms with E-state index in [0.717, 1.165) is 36.0 Å². The second kappa shape index (κ2) is 10.5. The Morgan fingerprint density at radius 1 is 1.21 bits per heavy atom. The summed E-state index contributed by atoms with van der Waals surface area (Å²) in [5.74, 6) is 0.848. The number of nitrogens with zero attached hydrogens (tertiary/aromatic N) is 1. The van der Waals surface area contributed by atoms with Gasteiger partial charge in [-0.05, 0) is 56.0 Å². The number of piperidine rings is 1. The number of fused-ring (bicyclic) bond motifs is 1. The zero-order chi connectivity index (χ0) is 15.2. The van der Waals surface area contributed by atoms with Crippen molar-refractivity contribution in [3.63, 3.8) is 0 Å². The van der Waals surface area contributed by atoms with Crippen molar-refractivity contribution in [2.75, 3.05) is 13.1 Å². The molecule has 2 N–H and O–H groups in total. The normalized spacial score (nSPS) is 14.5. The summed E-state index contributed by atoms with van der Waals surface area (Å²) >= 11 is 0. The average Bonchev–Trinajstić information content (AvgIpc) is 2.59. The van der Waals surface area contributed by atoms with Gasteiger partial charge in [0.1, 0.15) is 0 Å². The van der Waals surface area contributed by atoms with Gasteiger partial charge in [0.15, 0.2) is 0 Å². The highest BCUT2D eigenvalue weighted by Crippen LogP contribution is 2.17. The first-order chi connectivity index (χ1) is 10.8. The molecule has 0 spiro atoms. The van der Waals surface area contributed by atoms with Crippen LogP contribution < -0.4 is 10.6 Å². The van der Waals surface area contributed by atoms with E-state index in [0.29, 0.717) is 18.9 Å². The van der Waals surface area contributed by atoms with Gasteiger partial charge in [0.2, 0.25) is 5.91 Å². The Hall–Kier alpha value is -1.36. The molecule has 24 heavy (non-hydrogen) atoms. The molecule has 0 radical (unpaired) electrons. The van der Waals surface area contributed by atoms with E-state index in [-0.39, 0.29) is 30.7 Å². The van der Waals surface area contributed by atoms with Crippen molar-refractivity contribution in [2.45, 2.75) is 32.2 Å². The Balaban J connectivity index is 0.00000144. The number of amides is 1. The molecule has 1 amide bonds. The summed E-state index contributed by atoms with van der Waals surface area (Å²) in [4.78, 5) is 16.4. The highest BCUT2D eigenvalue weighted by atomic mass is 35.5. The second-order valence-corrected chi connectivity index (χ2v) is 6.05. The first-order valence-electron chi connectivity index (χ1n) is 8.12. The second-order valence-electron chi connectivity index (χ2n) is 6.05. The molecule has 132 valence electrons. The van der Waals surface area contributed by atoms with Crippen molar-refractivity contribution in [3.05, 3.63) is 42.1 Å². The standard InChI is InChI=1S/C18H23N3O.2ClH/c22-18(6-5-14-7-9-19-10-8-14)21-13-15-11-16-3-1-2-4-17(16)20-12-15;;/h1-4,11-12,14,19H,5-10,13H2,(H,21,22);2*1H. The van der Waals surface area contributed by atoms with Crippen LogP contribution >= 0.6 is 24.8 Å². The minimum atomic E-state index is 0. The van der Waals surface area contributed by atoms with Crippen LogP contribution in [0.25, 0.3) is 10.9 Å². The molecule has 3 rings (SSSR count). The van der Waals surface area contributed by atoms with Crippen LogP contribution in [-0.4, -0.2) is 24.0 Å². The summed E-state index contributed by atoms with van der Waals surface area (Å²) in [6.07, 6.45) is 5.87. The van der Waals surface area contributed by atoms with Crippen LogP contribution in [-0.2, 0) is 11.3 Å². The van der Waals surface area contributed by atoms with Crippen molar-refractivity contribution >= 4 is 41.6 Å². The Bertz CT molecular complexity index is 645. The maximum Gasteiger partial charge on any atom is 0.220 e. The van der Waals surface area contributed by atoms with Crippen molar-refractivity contribution in [2.24, 2.45) is 5.92 Å². The van der Waals surface area contributed by atoms with Crippen LogP contribution in [0.2, 0.25) is 0 Å². The molecule has 1 aliphatic heterocycles. The van der Waals surface area contributed by atoms with Gasteiger partial charge in [-0.2, -0.15) is 0 Å². The number of aromatic nitrogens is 1. The first-order valence-corrected chi connectivity index (χ1v) is 8.12. The van der Waals surface area contributed by atoms with Crippen LogP contribution in [0.5, 0.6) is 0 Å². The maximum absolute atomic E-state index is 12.0. The number of hydrogen-bond acceptors (Lipinski definition) is 3. The van der Waals surface area contributed by atoms with Crippen LogP contribution in [0.3, 0.4) is 0 Å². The molecular formula is C18H25Cl2N3O. The van der Waals surface area contributed by atoms with Gasteiger partial charge < -0.3 is 10.6 Å². The monoisotopic (exact) mass is 369 g/mol. The van der Waals surface area contributed by atoms with Crippen molar-refractivity contribution in [1.29, 1.82) is 0 Å². The number of hydrogen-bond donors (Lipinski definition) is 2. The van der Waals surface area contributed by atoms with Crippen molar-refractivity contribution < 1.29 is 4.79 Å². The lowest BCUT2D eigenvalue weighted by atomic mass is 9.93. The highest BCUT2D eigenvalue weighted by molar-refractivity contribution is 5.85. The Morgan fingerprint density at radius 2 is 1.96 bits per heavy atom. The molecule has 1 aromatic carbocycles. The summed E-state index contributed by atoms with van der Waals surface area (Å²) in [6, 6.07) is 10.1. The third kappa shape index (κ3) is 5.93. The minimum Gasteiger partial charge on any atom is -0.352 e. The van der Waals surface area contributed by atoms with Crippen LogP contribution in [0.1, 0.15) is 31.2 Å². The summed E-state index contributed by atoms with van der Waals surface area (Å²) in [6.45, 7) is 2.74. The van der Waals surface area contributed by atoms with E-state index >= 15 is 0 Å². The minimum absolute atomic E-state index is 0. The molecule has 2 aromatic rings. The lowest BCUT2D eigenvalue weighted by Gasteiger charge is -2.22. The van der Waals surface area contributed by atoms with Gasteiger partial charge in [-0.15, -0.1) is 24.8 Å². The molecule has 0 bridgehead atoms. The number of carbonyl (C=O) groups is 1. The van der Waals surface area contributed by atoms with E-state index in [4.69, 9.17) is 0 Å². The fourth-order valence-electron chi connectivity index (χ4n) is 3.01. The van der Waals surface area contributed by atoms with Crippen LogP contribution in [0.4, 0.5) is 0 Å². The van der Waals surface area contributed by atoms with Gasteiger partial charge in [0.25, 0.3) is 0 Å². The number of halogens is 2. The quantitative estimate of drug-likeness (QED) is 0.847. The average molecular weight is 370 g/mol. The molecule has 0 aliphatic carbocycles. The van der Waals surface area contributed by atoms with Gasteiger partial charge >= 0.3 is 0 Å². The van der Waals surface area contributed by atoms with Gasteiger partial charge in [-0.25, -0.2) is 0 Å². The number of benzene rings is 1. The lowest BCUT2D eigenvalue weighted by molar-refractivity contribution is -0.121. The van der Waals surface area contributed by atoms with Crippen LogP contribution in [0, 0.1) is 5.92 Å². The van der Waals surface area contributed by atoms with E-state index in [1.807, 2.05) is 30.5 Å². The zero-order valence-electron chi connectivity index (χ0n) is 13.7. The Kier molecular flexibility index (Phi) is 9.04. The summed E-state index contributed by atoms with van der Waals surface area (Å²) in [5, 5.41) is 7.48. The predicted octanol–water partition coefficient (Wildman–Crippen LogP) is 3.47. The fraction of sp³-hybridized carbons (Fsp3) is 0.444. The van der Waals surface area contributed by atoms with E-state index in [1.54, 1.807) is 0 Å². The molecule has 1 fully saturated rings. The Morgan fingerprint density at radius 3 is 2.75 bits per heavy atom. The number of rotatable bonds is 5. The molecule has 6 heteroatoms. The molecule has 0 unspecified atom stereocenters. The molecule has 2 heterocycles. The number of pyridine rings is 1. The van der Waals surface area contributed by atoms with Crippen molar-refractivity contribution in [3.8, 4) is 0 Å². The molecule has 1 aromatic heterocycles. The Labute approximate surface area is 155 Å². The topological polar surface area (TPSA) is 54.0 Å². The zero-order valence-corrected chi connectivity index (χ0v) is 15.3. The SMILES string of the molecule is Cl.Cl.O=C(CCC1CCNCC1)NCc1cnc2ccccc2c1. The van der Waals surface area contributed by atoms with E-state index in [1.165, 1.54) is 12.8 Å². The third-order valence-corrected chi connectivity index (χ3v) is 4.38. The largest absolute Gasteiger partial charge is 0.352 e. The molecule has 0 saturated carbocycles. The first kappa shape index (κ1) is 20.7. The smallest absolute Gasteiger partial charge is 0.220 e. The van der Waals surface area contributed by atoms with E-state index in [2.05, 4.69) is 21.7 Å². The third-order valence-electron chi connectivity index (χ3n) is 4.38. The summed E-state index contributed by atoms with van der Waals surface area (Å²) in [7, 11) is 0. The lowest BCUT2D eigenvalue weighted by Crippen LogP contribution is -2.29. The molecule has 0 atom stereocenters. The molecular weight excluding hydrogens is 345 g/mol. The molecule has 1 saturated heterocycles. The van der Waals surface area contributed by atoms with E-state index < -0.39 is 0 Å². The predicted molar refractivity (Wildman–Crippen MR) is 103 cm³/mol. The number of carbonyl (C=O) groups excluding carboxylic acids is 1. The van der Waals surface area contributed by atoms with Gasteiger partial charge in [0.05, 0.1) is 5.52 Å². The van der Waals surface area contributed by atoms with Crippen LogP contribution in [0.15, 0.2) is 36.5 Å². The molecule has 1 aliphatic rings. The maximum atomic E-state index is 12.0. The summed E-state index contributed by atoms with van der Waals surface area (Å²) in [5.41, 5.74) is 2.04. The number of para-hydroxylation sites is 1. The summed E-state index contributed by atoms with van der Waals surface area (Å²) < 4.78 is 0. The van der Waals surface area contributed by atoms with Gasteiger partial charge in [-0.3, -0.25) is 9.78 Å². The van der Waals surface area contributed by atoms with E-state index in [9.17, 15) is 4.79 Å². The fourth-order valence-corrected chi connectivity index (χ4v) is 3.01. The van der Waals surface area contributed by atoms with Crippen molar-refractivity contribution in [1.82, 2.24) is 15.6 Å². The molecule has 4 nitrogen and oxygen atoms in total. The van der Waals surface area contributed by atoms with Gasteiger partial charge in [-0.1, -0.05) is 18.2 Å². The number of nitrogens with one attached hydrogen (secondary N) is 2. The van der Waals surface area contributed by atoms with Gasteiger partial charge in [0, 0.05) is 24.5 Å². The highest BCUT2D eigenvalue weighted by Gasteiger charge is 2.14.